The molecule has 1 aromatic rings. The highest BCUT2D eigenvalue weighted by Crippen LogP contribution is 2.12. The van der Waals surface area contributed by atoms with Gasteiger partial charge in [-0.1, -0.05) is 6.92 Å². The van der Waals surface area contributed by atoms with E-state index in [1.165, 1.54) is 5.56 Å². The van der Waals surface area contributed by atoms with E-state index in [-0.39, 0.29) is 0 Å². The molecule has 1 aromatic heterocycles. The van der Waals surface area contributed by atoms with Crippen LogP contribution in [0.3, 0.4) is 0 Å². The summed E-state index contributed by atoms with van der Waals surface area (Å²) in [7, 11) is 1.94. The van der Waals surface area contributed by atoms with Crippen LogP contribution in [0.4, 0.5) is 0 Å². The Labute approximate surface area is 83.7 Å². The minimum atomic E-state index is 0.335. The topological polar surface area (TPSA) is 43.8 Å². The molecule has 1 heterocycles. The van der Waals surface area contributed by atoms with Crippen molar-refractivity contribution >= 4 is 11.8 Å². The van der Waals surface area contributed by atoms with Crippen LogP contribution in [-0.4, -0.2) is 21.6 Å². The molecule has 0 saturated heterocycles. The maximum absolute atomic E-state index is 5.80. The van der Waals surface area contributed by atoms with Gasteiger partial charge in [0, 0.05) is 30.8 Å². The maximum Gasteiger partial charge on any atom is 0.0530 e. The lowest BCUT2D eigenvalue weighted by molar-refractivity contribution is 0.725. The van der Waals surface area contributed by atoms with Crippen LogP contribution < -0.4 is 5.73 Å². The largest absolute Gasteiger partial charge is 0.327 e. The fraction of sp³-hybridized carbons (Fsp3) is 0.667. The number of hydrogen-bond donors (Lipinski definition) is 1. The van der Waals surface area contributed by atoms with E-state index in [2.05, 4.69) is 12.0 Å². The summed E-state index contributed by atoms with van der Waals surface area (Å²) in [6, 6.07) is 0.335. The number of nitrogens with two attached hydrogens (primary N) is 1. The average Bonchev–Trinajstić information content (AvgIpc) is 2.51. The number of rotatable bonds is 5. The molecule has 0 radical (unpaired) electrons. The Balaban J connectivity index is 2.20. The second-order valence-electron chi connectivity index (χ2n) is 3.21. The molecule has 0 saturated carbocycles. The van der Waals surface area contributed by atoms with Crippen molar-refractivity contribution in [1.29, 1.82) is 0 Å². The van der Waals surface area contributed by atoms with Gasteiger partial charge in [-0.15, -0.1) is 0 Å². The van der Waals surface area contributed by atoms with Crippen molar-refractivity contribution in [1.82, 2.24) is 9.78 Å². The van der Waals surface area contributed by atoms with E-state index < -0.39 is 0 Å². The van der Waals surface area contributed by atoms with Crippen molar-refractivity contribution in [3.63, 3.8) is 0 Å². The summed E-state index contributed by atoms with van der Waals surface area (Å²) >= 11 is 1.87. The Morgan fingerprint density at radius 2 is 2.46 bits per heavy atom. The molecule has 0 aliphatic heterocycles. The third-order valence-electron chi connectivity index (χ3n) is 1.88. The first-order valence-electron chi connectivity index (χ1n) is 4.53. The summed E-state index contributed by atoms with van der Waals surface area (Å²) < 4.78 is 1.83. The van der Waals surface area contributed by atoms with Crippen LogP contribution in [0, 0.1) is 0 Å². The van der Waals surface area contributed by atoms with Crippen LogP contribution in [0.5, 0.6) is 0 Å². The van der Waals surface area contributed by atoms with E-state index >= 15 is 0 Å². The predicted molar refractivity (Wildman–Crippen MR) is 57.6 cm³/mol. The summed E-state index contributed by atoms with van der Waals surface area (Å²) in [6.07, 6.45) is 5.01. The van der Waals surface area contributed by atoms with Gasteiger partial charge in [0.2, 0.25) is 0 Å². The number of hydrogen-bond acceptors (Lipinski definition) is 3. The number of nitrogens with zero attached hydrogens (tertiary/aromatic N) is 2. The quantitative estimate of drug-likeness (QED) is 0.779. The lowest BCUT2D eigenvalue weighted by atomic mass is 10.3. The lowest BCUT2D eigenvalue weighted by Crippen LogP contribution is -2.21. The van der Waals surface area contributed by atoms with E-state index in [1.54, 1.807) is 0 Å². The maximum atomic E-state index is 5.80. The first-order chi connectivity index (χ1) is 6.22. The first-order valence-corrected chi connectivity index (χ1v) is 5.68. The molecule has 0 aliphatic rings. The molecular formula is C9H17N3S. The van der Waals surface area contributed by atoms with E-state index in [1.807, 2.05) is 35.9 Å². The molecule has 1 rings (SSSR count). The van der Waals surface area contributed by atoms with Crippen molar-refractivity contribution in [3.05, 3.63) is 18.0 Å². The van der Waals surface area contributed by atoms with Gasteiger partial charge >= 0.3 is 0 Å². The van der Waals surface area contributed by atoms with E-state index in [0.717, 1.165) is 17.9 Å². The zero-order valence-electron chi connectivity index (χ0n) is 8.23. The normalized spacial score (nSPS) is 13.2. The molecule has 0 aromatic carbocycles. The molecule has 13 heavy (non-hydrogen) atoms. The van der Waals surface area contributed by atoms with Gasteiger partial charge in [0.1, 0.15) is 0 Å². The monoisotopic (exact) mass is 199 g/mol. The highest BCUT2D eigenvalue weighted by molar-refractivity contribution is 7.98. The van der Waals surface area contributed by atoms with Crippen LogP contribution in [0.15, 0.2) is 12.4 Å². The van der Waals surface area contributed by atoms with Crippen molar-refractivity contribution in [3.8, 4) is 0 Å². The van der Waals surface area contributed by atoms with Crippen LogP contribution in [0.2, 0.25) is 0 Å². The van der Waals surface area contributed by atoms with Gasteiger partial charge < -0.3 is 5.73 Å². The Kier molecular flexibility index (Phi) is 4.32. The summed E-state index contributed by atoms with van der Waals surface area (Å²) in [5.41, 5.74) is 7.07. The molecule has 0 spiro atoms. The molecular weight excluding hydrogens is 182 g/mol. The van der Waals surface area contributed by atoms with E-state index in [4.69, 9.17) is 5.73 Å². The third kappa shape index (κ3) is 3.83. The fourth-order valence-electron chi connectivity index (χ4n) is 0.992. The fourth-order valence-corrected chi connectivity index (χ4v) is 2.03. The molecule has 0 aliphatic carbocycles. The molecule has 2 N–H and O–H groups in total. The Morgan fingerprint density at radius 3 is 3.00 bits per heavy atom. The molecule has 0 bridgehead atoms. The van der Waals surface area contributed by atoms with Gasteiger partial charge in [-0.05, 0) is 12.0 Å². The molecule has 0 amide bonds. The van der Waals surface area contributed by atoms with Gasteiger partial charge in [-0.3, -0.25) is 4.68 Å². The number of aryl methyl sites for hydroxylation is 1. The molecule has 0 fully saturated rings. The second kappa shape index (κ2) is 5.29. The van der Waals surface area contributed by atoms with E-state index in [9.17, 15) is 0 Å². The predicted octanol–water partition coefficient (Wildman–Crippen LogP) is 1.39. The van der Waals surface area contributed by atoms with Gasteiger partial charge in [0.05, 0.1) is 6.20 Å². The summed E-state index contributed by atoms with van der Waals surface area (Å²) in [5.74, 6) is 2.05. The van der Waals surface area contributed by atoms with Gasteiger partial charge in [-0.2, -0.15) is 16.9 Å². The summed E-state index contributed by atoms with van der Waals surface area (Å²) in [4.78, 5) is 0. The van der Waals surface area contributed by atoms with Crippen LogP contribution in [0.25, 0.3) is 0 Å². The minimum absolute atomic E-state index is 0.335. The van der Waals surface area contributed by atoms with Crippen molar-refractivity contribution in [2.75, 3.05) is 5.75 Å². The third-order valence-corrected chi connectivity index (χ3v) is 3.08. The zero-order chi connectivity index (χ0) is 9.68. The van der Waals surface area contributed by atoms with Crippen LogP contribution >= 0.6 is 11.8 Å². The van der Waals surface area contributed by atoms with Crippen molar-refractivity contribution < 1.29 is 0 Å². The van der Waals surface area contributed by atoms with Gasteiger partial charge in [-0.25, -0.2) is 0 Å². The zero-order valence-corrected chi connectivity index (χ0v) is 9.05. The highest BCUT2D eigenvalue weighted by atomic mass is 32.2. The molecule has 1 unspecified atom stereocenters. The second-order valence-corrected chi connectivity index (χ2v) is 4.24. The standard InChI is InChI=1S/C9H17N3S/c1-3-9(10)7-13-6-8-4-11-12(2)5-8/h4-5,9H,3,6-7,10H2,1-2H3. The average molecular weight is 199 g/mol. The van der Waals surface area contributed by atoms with Gasteiger partial charge in [0.15, 0.2) is 0 Å². The number of aromatic nitrogens is 2. The highest BCUT2D eigenvalue weighted by Gasteiger charge is 2.00. The Hall–Kier alpha value is -0.480. The molecule has 3 nitrogen and oxygen atoms in total. The van der Waals surface area contributed by atoms with Crippen LogP contribution in [-0.2, 0) is 12.8 Å². The Bertz CT molecular complexity index is 247. The van der Waals surface area contributed by atoms with Crippen LogP contribution in [0.1, 0.15) is 18.9 Å². The Morgan fingerprint density at radius 1 is 1.69 bits per heavy atom. The molecule has 1 atom stereocenters. The SMILES string of the molecule is CCC(N)CSCc1cnn(C)c1. The van der Waals surface area contributed by atoms with Crippen molar-refractivity contribution in [2.24, 2.45) is 12.8 Å². The smallest absolute Gasteiger partial charge is 0.0530 e. The molecule has 74 valence electrons. The van der Waals surface area contributed by atoms with Gasteiger partial charge in [0.25, 0.3) is 0 Å². The first kappa shape index (κ1) is 10.6. The van der Waals surface area contributed by atoms with E-state index in [0.29, 0.717) is 6.04 Å². The molecule has 4 heteroatoms. The lowest BCUT2D eigenvalue weighted by Gasteiger charge is -2.06. The minimum Gasteiger partial charge on any atom is -0.327 e. The summed E-state index contributed by atoms with van der Waals surface area (Å²) in [6.45, 7) is 2.12. The number of thioether (sulfide) groups is 1. The summed E-state index contributed by atoms with van der Waals surface area (Å²) in [5, 5.41) is 4.11. The van der Waals surface area contributed by atoms with Crippen molar-refractivity contribution in [2.45, 2.75) is 25.1 Å².